The first-order chi connectivity index (χ1) is 13.6. The highest BCUT2D eigenvalue weighted by Crippen LogP contribution is 2.29. The Morgan fingerprint density at radius 2 is 2.00 bits per heavy atom. The van der Waals surface area contributed by atoms with Crippen LogP contribution in [0.2, 0.25) is 0 Å². The summed E-state index contributed by atoms with van der Waals surface area (Å²) in [7, 11) is 0. The van der Waals surface area contributed by atoms with Gasteiger partial charge in [0.1, 0.15) is 6.04 Å². The number of thiazole rings is 2. The second-order valence-corrected chi connectivity index (χ2v) is 8.38. The molecule has 3 aromatic heterocycles. The summed E-state index contributed by atoms with van der Waals surface area (Å²) in [4.78, 5) is 31.6. The van der Waals surface area contributed by atoms with Crippen LogP contribution in [0.15, 0.2) is 28.4 Å². The molecular formula is C16H15F3N4O3S3. The number of aromatic nitrogens is 2. The number of rotatable bonds is 5. The zero-order valence-corrected chi connectivity index (χ0v) is 17.2. The molecule has 3 aromatic rings. The van der Waals surface area contributed by atoms with Gasteiger partial charge in [0, 0.05) is 15.6 Å². The van der Waals surface area contributed by atoms with Crippen molar-refractivity contribution in [1.29, 1.82) is 0 Å². The number of amides is 1. The van der Waals surface area contributed by atoms with Gasteiger partial charge in [-0.25, -0.2) is 14.8 Å². The normalized spacial score (nSPS) is 12.0. The van der Waals surface area contributed by atoms with E-state index in [1.165, 1.54) is 11.3 Å². The average Bonchev–Trinajstić information content (AvgIpc) is 3.40. The molecule has 0 saturated heterocycles. The van der Waals surface area contributed by atoms with E-state index in [-0.39, 0.29) is 5.91 Å². The third kappa shape index (κ3) is 6.88. The summed E-state index contributed by atoms with van der Waals surface area (Å²) in [5, 5.41) is 14.9. The number of hydrogen-bond acceptors (Lipinski definition) is 8. The molecule has 156 valence electrons. The number of carboxylic acids is 1. The van der Waals surface area contributed by atoms with E-state index in [1.807, 2.05) is 24.4 Å². The first kappa shape index (κ1) is 22.9. The molecule has 1 unspecified atom stereocenters. The maximum Gasteiger partial charge on any atom is 0.490 e. The standard InChI is InChI=1S/C14H14N4OS3.C2HF3O2/c1-8-18-10(6-21-8)12-3-2-9(22-12)4-16-14(19)13(15)11-5-20-7-17-11;3-2(4,5)1(6)7/h2-3,5-7,13H,4,15H2,1H3,(H,16,19);(H,6,7). The number of alkyl halides is 3. The molecule has 0 bridgehead atoms. The van der Waals surface area contributed by atoms with Crippen LogP contribution in [0.5, 0.6) is 0 Å². The van der Waals surface area contributed by atoms with Gasteiger partial charge in [-0.2, -0.15) is 13.2 Å². The van der Waals surface area contributed by atoms with Crippen LogP contribution in [-0.2, 0) is 16.1 Å². The van der Waals surface area contributed by atoms with Crippen LogP contribution >= 0.6 is 34.0 Å². The Morgan fingerprint density at radius 1 is 1.31 bits per heavy atom. The van der Waals surface area contributed by atoms with Gasteiger partial charge in [-0.3, -0.25) is 4.79 Å². The minimum absolute atomic E-state index is 0.217. The van der Waals surface area contributed by atoms with Gasteiger partial charge in [0.25, 0.3) is 0 Å². The average molecular weight is 465 g/mol. The number of carbonyl (C=O) groups excluding carboxylic acids is 1. The van der Waals surface area contributed by atoms with Crippen LogP contribution in [0.4, 0.5) is 13.2 Å². The molecule has 0 fully saturated rings. The van der Waals surface area contributed by atoms with Gasteiger partial charge in [-0.1, -0.05) is 0 Å². The lowest BCUT2D eigenvalue weighted by Gasteiger charge is -2.09. The van der Waals surface area contributed by atoms with Gasteiger partial charge in [0.05, 0.1) is 33.3 Å². The molecule has 0 aliphatic carbocycles. The summed E-state index contributed by atoms with van der Waals surface area (Å²) in [6.07, 6.45) is -5.08. The fourth-order valence-corrected chi connectivity index (χ4v) is 4.07. The van der Waals surface area contributed by atoms with Crippen LogP contribution < -0.4 is 11.1 Å². The zero-order valence-electron chi connectivity index (χ0n) is 14.8. The summed E-state index contributed by atoms with van der Waals surface area (Å²) < 4.78 is 31.7. The Hall–Kier alpha value is -2.35. The number of thiophene rings is 1. The molecule has 4 N–H and O–H groups in total. The van der Waals surface area contributed by atoms with Crippen molar-refractivity contribution in [3.05, 3.63) is 44.0 Å². The molecule has 0 aromatic carbocycles. The van der Waals surface area contributed by atoms with Crippen molar-refractivity contribution in [3.8, 4) is 10.6 Å². The van der Waals surface area contributed by atoms with Crippen molar-refractivity contribution in [3.63, 3.8) is 0 Å². The third-order valence-corrected chi connectivity index (χ3v) is 5.75. The first-order valence-electron chi connectivity index (χ1n) is 7.80. The number of nitrogens with two attached hydrogens (primary N) is 1. The smallest absolute Gasteiger partial charge is 0.475 e. The van der Waals surface area contributed by atoms with Crippen LogP contribution in [-0.4, -0.2) is 33.1 Å². The van der Waals surface area contributed by atoms with Crippen LogP contribution in [0.25, 0.3) is 10.6 Å². The van der Waals surface area contributed by atoms with Gasteiger partial charge >= 0.3 is 12.1 Å². The molecule has 3 rings (SSSR count). The van der Waals surface area contributed by atoms with E-state index < -0.39 is 18.2 Å². The molecule has 7 nitrogen and oxygen atoms in total. The van der Waals surface area contributed by atoms with E-state index in [0.717, 1.165) is 20.5 Å². The van der Waals surface area contributed by atoms with Crippen molar-refractivity contribution < 1.29 is 27.9 Å². The van der Waals surface area contributed by atoms with Crippen molar-refractivity contribution in [1.82, 2.24) is 15.3 Å². The van der Waals surface area contributed by atoms with E-state index in [0.29, 0.717) is 12.2 Å². The Morgan fingerprint density at radius 3 is 2.52 bits per heavy atom. The number of carbonyl (C=O) groups is 2. The van der Waals surface area contributed by atoms with Crippen molar-refractivity contribution >= 4 is 45.9 Å². The van der Waals surface area contributed by atoms with E-state index in [2.05, 4.69) is 15.3 Å². The maximum atomic E-state index is 12.0. The minimum Gasteiger partial charge on any atom is -0.475 e. The molecule has 29 heavy (non-hydrogen) atoms. The van der Waals surface area contributed by atoms with E-state index in [1.54, 1.807) is 33.6 Å². The van der Waals surface area contributed by atoms with Crippen molar-refractivity contribution in [2.75, 3.05) is 0 Å². The summed E-state index contributed by atoms with van der Waals surface area (Å²) in [6.45, 7) is 2.45. The molecule has 0 radical (unpaired) electrons. The lowest BCUT2D eigenvalue weighted by molar-refractivity contribution is -0.192. The molecule has 1 amide bonds. The third-order valence-electron chi connectivity index (χ3n) is 3.26. The largest absolute Gasteiger partial charge is 0.490 e. The Balaban J connectivity index is 0.000000370. The maximum absolute atomic E-state index is 12.0. The topological polar surface area (TPSA) is 118 Å². The Bertz CT molecular complexity index is 954. The number of aliphatic carboxylic acids is 1. The number of carboxylic acid groups (broad SMARTS) is 1. The minimum atomic E-state index is -5.08. The van der Waals surface area contributed by atoms with E-state index in [4.69, 9.17) is 15.6 Å². The molecule has 0 spiro atoms. The molecule has 0 aliphatic rings. The first-order valence-corrected chi connectivity index (χ1v) is 10.4. The molecule has 13 heteroatoms. The number of hydrogen-bond donors (Lipinski definition) is 3. The van der Waals surface area contributed by atoms with E-state index >= 15 is 0 Å². The second-order valence-electron chi connectivity index (χ2n) is 5.43. The van der Waals surface area contributed by atoms with Crippen LogP contribution in [0, 0.1) is 6.92 Å². The lowest BCUT2D eigenvalue weighted by atomic mass is 10.2. The summed E-state index contributed by atoms with van der Waals surface area (Å²) in [5.74, 6) is -2.97. The Labute approximate surface area is 175 Å². The number of aryl methyl sites for hydroxylation is 1. The fraction of sp³-hybridized carbons (Fsp3) is 0.250. The predicted octanol–water partition coefficient (Wildman–Crippen LogP) is 3.59. The van der Waals surface area contributed by atoms with Gasteiger partial charge in [-0.05, 0) is 19.1 Å². The SMILES string of the molecule is Cc1nc(-c2ccc(CNC(=O)C(N)c3cscn3)s2)cs1.O=C(O)C(F)(F)F. The predicted molar refractivity (Wildman–Crippen MR) is 105 cm³/mol. The molecule has 3 heterocycles. The second kappa shape index (κ2) is 9.91. The van der Waals surface area contributed by atoms with Crippen molar-refractivity contribution in [2.24, 2.45) is 5.73 Å². The number of halogens is 3. The van der Waals surface area contributed by atoms with Crippen molar-refractivity contribution in [2.45, 2.75) is 25.7 Å². The Kier molecular flexibility index (Phi) is 7.84. The van der Waals surface area contributed by atoms with Gasteiger partial charge < -0.3 is 16.2 Å². The zero-order chi connectivity index (χ0) is 21.6. The lowest BCUT2D eigenvalue weighted by Crippen LogP contribution is -2.33. The van der Waals surface area contributed by atoms with Gasteiger partial charge in [0.15, 0.2) is 0 Å². The molecular weight excluding hydrogens is 449 g/mol. The number of nitrogens with one attached hydrogen (secondary N) is 1. The number of nitrogens with zero attached hydrogens (tertiary/aromatic N) is 2. The van der Waals surface area contributed by atoms with Crippen LogP contribution in [0.3, 0.4) is 0 Å². The molecule has 0 saturated carbocycles. The monoisotopic (exact) mass is 464 g/mol. The summed E-state index contributed by atoms with van der Waals surface area (Å²) in [5.41, 5.74) is 9.14. The highest BCUT2D eigenvalue weighted by Gasteiger charge is 2.38. The van der Waals surface area contributed by atoms with Crippen LogP contribution in [0.1, 0.15) is 21.6 Å². The summed E-state index contributed by atoms with van der Waals surface area (Å²) in [6, 6.07) is 3.32. The highest BCUT2D eigenvalue weighted by molar-refractivity contribution is 7.16. The highest BCUT2D eigenvalue weighted by atomic mass is 32.1. The fourth-order valence-electron chi connectivity index (χ4n) is 1.88. The van der Waals surface area contributed by atoms with Gasteiger partial charge in [-0.15, -0.1) is 34.0 Å². The summed E-state index contributed by atoms with van der Waals surface area (Å²) >= 11 is 4.69. The molecule has 1 atom stereocenters. The molecule has 0 aliphatic heterocycles. The quantitative estimate of drug-likeness (QED) is 0.531. The van der Waals surface area contributed by atoms with Gasteiger partial charge in [0.2, 0.25) is 5.91 Å². The van der Waals surface area contributed by atoms with E-state index in [9.17, 15) is 18.0 Å².